The van der Waals surface area contributed by atoms with Crippen LogP contribution in [0.1, 0.15) is 18.2 Å². The number of H-pyrrole nitrogens is 1. The molecule has 158 valence electrons. The van der Waals surface area contributed by atoms with Gasteiger partial charge in [-0.1, -0.05) is 18.2 Å². The summed E-state index contributed by atoms with van der Waals surface area (Å²) in [6.07, 6.45) is -0.570. The monoisotopic (exact) mass is 432 g/mol. The van der Waals surface area contributed by atoms with Gasteiger partial charge in [-0.2, -0.15) is 0 Å². The minimum atomic E-state index is -1.75. The van der Waals surface area contributed by atoms with E-state index in [1.54, 1.807) is 0 Å². The van der Waals surface area contributed by atoms with Gasteiger partial charge in [0.15, 0.2) is 0 Å². The Hall–Kier alpha value is -2.17. The number of ether oxygens (including phenoxy) is 1. The molecule has 1 saturated heterocycles. The number of nitrogens with zero attached hydrogens (tertiary/aromatic N) is 1. The van der Waals surface area contributed by atoms with E-state index >= 15 is 0 Å². The van der Waals surface area contributed by atoms with Crippen LogP contribution in [0.25, 0.3) is 0 Å². The van der Waals surface area contributed by atoms with E-state index in [9.17, 15) is 23.5 Å². The zero-order chi connectivity index (χ0) is 20.8. The van der Waals surface area contributed by atoms with Crippen molar-refractivity contribution in [3.05, 3.63) is 62.9 Å². The molecule has 1 fully saturated rings. The van der Waals surface area contributed by atoms with Crippen molar-refractivity contribution >= 4 is 8.60 Å². The number of aliphatic hydroxyl groups excluding tert-OH is 1. The molecule has 4 atom stereocenters. The molecule has 3 heterocycles. The molecule has 2 aliphatic heterocycles. The van der Waals surface area contributed by atoms with Gasteiger partial charge in [-0.25, -0.2) is 13.6 Å². The smallest absolute Gasteiger partial charge is 0.397 e. The molecule has 2 aliphatic rings. The van der Waals surface area contributed by atoms with Crippen molar-refractivity contribution in [1.29, 1.82) is 0 Å². The van der Waals surface area contributed by atoms with Gasteiger partial charge in [-0.15, -0.1) is 0 Å². The van der Waals surface area contributed by atoms with E-state index < -0.39 is 45.2 Å². The summed E-state index contributed by atoms with van der Waals surface area (Å²) in [6.45, 7) is -1.30. The van der Waals surface area contributed by atoms with Gasteiger partial charge >= 0.3 is 14.3 Å². The number of aromatic amines is 1. The Kier molecular flexibility index (Phi) is 7.45. The van der Waals surface area contributed by atoms with Gasteiger partial charge in [0.05, 0.1) is 19.3 Å². The van der Waals surface area contributed by atoms with Gasteiger partial charge in [0.1, 0.15) is 18.1 Å². The third kappa shape index (κ3) is 5.46. The van der Waals surface area contributed by atoms with Crippen molar-refractivity contribution in [2.75, 3.05) is 13.5 Å². The first-order chi connectivity index (χ1) is 14.0. The molecule has 1 aromatic heterocycles. The number of hydrogen-bond acceptors (Lipinski definition) is 7. The van der Waals surface area contributed by atoms with Crippen molar-refractivity contribution in [2.24, 2.45) is 0 Å². The molecule has 2 N–H and O–H groups in total. The van der Waals surface area contributed by atoms with E-state index in [0.29, 0.717) is 6.61 Å². The average Bonchev–Trinajstić information content (AvgIpc) is 3.07. The van der Waals surface area contributed by atoms with Crippen LogP contribution in [0.5, 0.6) is 5.75 Å². The number of alkyl halides is 2. The Morgan fingerprint density at radius 1 is 1.28 bits per heavy atom. The van der Waals surface area contributed by atoms with Crippen LogP contribution in [0.2, 0.25) is 0 Å². The molecule has 29 heavy (non-hydrogen) atoms. The minimum absolute atomic E-state index is 0.0592. The number of nitrogens with one attached hydrogen (secondary N) is 1. The van der Waals surface area contributed by atoms with Crippen molar-refractivity contribution in [3.8, 4) is 5.75 Å². The predicted octanol–water partition coefficient (Wildman–Crippen LogP) is 1.92. The summed E-state index contributed by atoms with van der Waals surface area (Å²) in [5.74, 6) is 0.718. The molecule has 0 radical (unpaired) electrons. The first-order valence-corrected chi connectivity index (χ1v) is 9.70. The number of benzene rings is 1. The van der Waals surface area contributed by atoms with Crippen molar-refractivity contribution < 1.29 is 32.2 Å². The van der Waals surface area contributed by atoms with E-state index in [0.717, 1.165) is 11.3 Å². The number of fused-ring (bicyclic) bond motifs is 1. The van der Waals surface area contributed by atoms with Gasteiger partial charge in [0, 0.05) is 24.2 Å². The molecule has 0 amide bonds. The van der Waals surface area contributed by atoms with Gasteiger partial charge < -0.3 is 14.4 Å². The lowest BCUT2D eigenvalue weighted by Crippen LogP contribution is -2.31. The Bertz CT molecular complexity index is 925. The van der Waals surface area contributed by atoms with E-state index in [2.05, 4.69) is 4.98 Å². The van der Waals surface area contributed by atoms with Crippen LogP contribution in [0.15, 0.2) is 46.1 Å². The molecule has 0 bridgehead atoms. The van der Waals surface area contributed by atoms with Crippen molar-refractivity contribution in [3.63, 3.8) is 0 Å². The number of para-hydroxylation sites is 1. The summed E-state index contributed by atoms with van der Waals surface area (Å²) >= 11 is 0. The average molecular weight is 432 g/mol. The second-order valence-electron chi connectivity index (χ2n) is 6.04. The van der Waals surface area contributed by atoms with Gasteiger partial charge in [-0.05, 0) is 6.07 Å². The summed E-state index contributed by atoms with van der Waals surface area (Å²) in [4.78, 5) is 25.1. The van der Waals surface area contributed by atoms with Gasteiger partial charge in [0.2, 0.25) is 6.93 Å². The second-order valence-corrected chi connectivity index (χ2v) is 7.19. The third-order valence-electron chi connectivity index (χ3n) is 4.18. The molecule has 4 unspecified atom stereocenters. The molecule has 4 rings (SSSR count). The maximum atomic E-state index is 11.8. The molecule has 0 aliphatic carbocycles. The lowest BCUT2D eigenvalue weighted by molar-refractivity contribution is -0.0436. The largest absolute Gasteiger partial charge is 0.426 e. The standard InChI is InChI=1S/C16H17N2O7P.CH2F2/c19-11-7-15(18-6-5-14(20)17-16(18)21)24-13(11)9-23-26-22-8-10-3-1-2-4-12(10)25-26;2-1-3/h1-6,11,13,15,19H,7-9H2,(H,17,20,21);1H2. The zero-order valence-corrected chi connectivity index (χ0v) is 16.0. The number of halogens is 2. The van der Waals surface area contributed by atoms with E-state index in [-0.39, 0.29) is 13.0 Å². The Morgan fingerprint density at radius 3 is 2.79 bits per heavy atom. The Morgan fingerprint density at radius 2 is 2.03 bits per heavy atom. The van der Waals surface area contributed by atoms with Crippen LogP contribution in [0, 0.1) is 0 Å². The van der Waals surface area contributed by atoms with Crippen LogP contribution in [-0.4, -0.2) is 40.4 Å². The molecular weight excluding hydrogens is 413 g/mol. The fourth-order valence-electron chi connectivity index (χ4n) is 2.83. The quantitative estimate of drug-likeness (QED) is 0.710. The molecule has 2 aromatic rings. The molecule has 0 spiro atoms. The number of hydrogen-bond donors (Lipinski definition) is 2. The summed E-state index contributed by atoms with van der Waals surface area (Å²) < 4.78 is 43.0. The first-order valence-electron chi connectivity index (χ1n) is 8.60. The molecule has 1 aromatic carbocycles. The van der Waals surface area contributed by atoms with Crippen LogP contribution >= 0.6 is 8.60 Å². The Balaban J connectivity index is 0.000000755. The van der Waals surface area contributed by atoms with Crippen LogP contribution in [-0.2, 0) is 20.4 Å². The van der Waals surface area contributed by atoms with Gasteiger partial charge in [0.25, 0.3) is 5.56 Å². The van der Waals surface area contributed by atoms with Crippen LogP contribution < -0.4 is 15.8 Å². The maximum Gasteiger partial charge on any atom is 0.397 e. The topological polar surface area (TPSA) is 112 Å². The fraction of sp³-hybridized carbons (Fsp3) is 0.412. The highest BCUT2D eigenvalue weighted by molar-refractivity contribution is 7.42. The number of aromatic nitrogens is 2. The molecular formula is C17H19F2N2O7P. The van der Waals surface area contributed by atoms with Gasteiger partial charge in [-0.3, -0.25) is 23.4 Å². The highest BCUT2D eigenvalue weighted by atomic mass is 31.2. The highest BCUT2D eigenvalue weighted by Crippen LogP contribution is 2.47. The number of rotatable bonds is 4. The highest BCUT2D eigenvalue weighted by Gasteiger charge is 2.37. The fourth-order valence-corrected chi connectivity index (χ4v) is 3.86. The van der Waals surface area contributed by atoms with Crippen LogP contribution in [0.3, 0.4) is 0 Å². The van der Waals surface area contributed by atoms with Crippen molar-refractivity contribution in [2.45, 2.75) is 31.5 Å². The minimum Gasteiger partial charge on any atom is -0.426 e. The zero-order valence-electron chi connectivity index (χ0n) is 15.1. The van der Waals surface area contributed by atoms with E-state index in [1.807, 2.05) is 24.3 Å². The molecule has 0 saturated carbocycles. The maximum absolute atomic E-state index is 11.8. The molecule has 12 heteroatoms. The summed E-state index contributed by atoms with van der Waals surface area (Å²) in [7, 11) is -1.58. The Labute approximate surface area is 164 Å². The summed E-state index contributed by atoms with van der Waals surface area (Å²) in [5, 5.41) is 10.2. The lowest BCUT2D eigenvalue weighted by Gasteiger charge is -2.25. The summed E-state index contributed by atoms with van der Waals surface area (Å²) in [6, 6.07) is 8.76. The van der Waals surface area contributed by atoms with Crippen LogP contribution in [0.4, 0.5) is 8.78 Å². The predicted molar refractivity (Wildman–Crippen MR) is 97.7 cm³/mol. The third-order valence-corrected chi connectivity index (χ3v) is 5.23. The lowest BCUT2D eigenvalue weighted by atomic mass is 10.2. The first kappa shape index (κ1) is 21.5. The number of aliphatic hydroxyl groups is 1. The normalized spacial score (nSPS) is 25.5. The van der Waals surface area contributed by atoms with E-state index in [4.69, 9.17) is 18.3 Å². The molecule has 9 nitrogen and oxygen atoms in total. The second kappa shape index (κ2) is 10.0. The summed E-state index contributed by atoms with van der Waals surface area (Å²) in [5.41, 5.74) is -0.125. The van der Waals surface area contributed by atoms with E-state index in [1.165, 1.54) is 16.8 Å². The van der Waals surface area contributed by atoms with Crippen molar-refractivity contribution in [1.82, 2.24) is 9.55 Å². The SMILES string of the molecule is FCF.O=c1ccn(C2CC(O)C(COP3OCc4ccccc4O3)O2)c(=O)[nH]1.